The topological polar surface area (TPSA) is 0 Å². The fourth-order valence-electron chi connectivity index (χ4n) is 0. The fourth-order valence-corrected chi connectivity index (χ4v) is 0. The second-order valence-electron chi connectivity index (χ2n) is 0.577. The average molecular weight is 74.9 g/mol. The zero-order chi connectivity index (χ0) is 4.28. The van der Waals surface area contributed by atoms with Crippen LogP contribution in [0.4, 0.5) is 0 Å². The predicted molar refractivity (Wildman–Crippen MR) is 27.3 cm³/mol. The molecule has 0 aliphatic heterocycles. The van der Waals surface area contributed by atoms with Gasteiger partial charge in [0.25, 0.3) is 0 Å². The average Bonchev–Trinajstić information content (AvgIpc) is 1.38. The third kappa shape index (κ3) is 2.49. The van der Waals surface area contributed by atoms with Crippen molar-refractivity contribution in [2.45, 2.75) is 6.82 Å². The first-order chi connectivity index (χ1) is 2.27. The number of hydrogen-bond acceptors (Lipinski definition) is 0. The van der Waals surface area contributed by atoms with Gasteiger partial charge in [-0.15, -0.1) is 0 Å². The van der Waals surface area contributed by atoms with Crippen LogP contribution in [0.1, 0.15) is 0 Å². The van der Waals surface area contributed by atoms with Crippen LogP contribution in [0.2, 0.25) is 6.82 Å². The highest BCUT2D eigenvalue weighted by Crippen LogP contribution is 1.92. The minimum atomic E-state index is 0.162. The van der Waals surface area contributed by atoms with Crippen LogP contribution in [0.3, 0.4) is 0 Å². The summed E-state index contributed by atoms with van der Waals surface area (Å²) in [5.74, 6) is 0. The maximum Gasteiger partial charge on any atom is 0.145 e. The molecule has 0 aromatic rings. The molecule has 0 N–H and O–H groups in total. The number of rotatable bonds is 1. The third-order valence-electron chi connectivity index (χ3n) is 0.289. The molecule has 0 radical (unpaired) electrons. The lowest BCUT2D eigenvalue weighted by molar-refractivity contribution is 2.35. The molecular formula is C2H8BP. The monoisotopic (exact) mass is 75.1 g/mol. The van der Waals surface area contributed by atoms with E-state index in [4.69, 9.17) is 1.34 Å². The largest absolute Gasteiger partial charge is 0.163 e. The Labute approximate surface area is 31.3 Å². The molecule has 4 heavy (non-hydrogen) atoms. The van der Waals surface area contributed by atoms with E-state index in [0.29, 0.717) is 0 Å². The van der Waals surface area contributed by atoms with E-state index >= 15 is 0 Å². The van der Waals surface area contributed by atoms with Crippen LogP contribution in [0.15, 0.2) is 0 Å². The van der Waals surface area contributed by atoms with Crippen LogP contribution >= 0.6 is 8.46 Å². The van der Waals surface area contributed by atoms with Crippen LogP contribution in [-0.2, 0) is 0 Å². The van der Waals surface area contributed by atoms with Crippen LogP contribution in [0.25, 0.3) is 0 Å². The van der Waals surface area contributed by atoms with E-state index in [0.717, 1.165) is 8.46 Å². The molecule has 1 unspecified atom stereocenters. The lowest BCUT2D eigenvalue weighted by Gasteiger charge is -1.65. The van der Waals surface area contributed by atoms with Gasteiger partial charge in [0.15, 0.2) is 0 Å². The van der Waals surface area contributed by atoms with Gasteiger partial charge in [0.1, 0.15) is 6.96 Å². The molecule has 0 rings (SSSR count). The molecule has 0 heterocycles. The molecule has 0 saturated heterocycles. The van der Waals surface area contributed by atoms with Gasteiger partial charge >= 0.3 is 0 Å². The summed E-state index contributed by atoms with van der Waals surface area (Å²) in [7, 11) is 0.781. The van der Waals surface area contributed by atoms with Crippen molar-refractivity contribution in [3.63, 3.8) is 0 Å². The molecule has 0 aromatic heterocycles. The van der Waals surface area contributed by atoms with Gasteiger partial charge in [0, 0.05) is 0 Å². The maximum atomic E-state index is 6.84. The Morgan fingerprint density at radius 2 is 2.50 bits per heavy atom. The van der Waals surface area contributed by atoms with Gasteiger partial charge in [-0.05, 0) is 1.34 Å². The van der Waals surface area contributed by atoms with Crippen molar-refractivity contribution in [3.8, 4) is 0 Å². The summed E-state index contributed by atoms with van der Waals surface area (Å²) in [4.78, 5) is 0. The van der Waals surface area contributed by atoms with Crippen LogP contribution in [0.5, 0.6) is 0 Å². The second-order valence-corrected chi connectivity index (χ2v) is 1.73. The van der Waals surface area contributed by atoms with E-state index in [2.05, 4.69) is 0 Å². The summed E-state index contributed by atoms with van der Waals surface area (Å²) in [6.07, 6.45) is 0. The molecule has 1 atom stereocenters. The molecule has 2 heteroatoms. The highest BCUT2D eigenvalue weighted by atomic mass is 31.1. The first kappa shape index (κ1) is 2.72. The highest BCUT2D eigenvalue weighted by molar-refractivity contribution is 7.70. The van der Waals surface area contributed by atoms with Crippen molar-refractivity contribution < 1.29 is 0 Å². The van der Waals surface area contributed by atoms with Crippen LogP contribution in [-0.4, -0.2) is 15.0 Å². The minimum absolute atomic E-state index is 0.162. The first-order valence-corrected chi connectivity index (χ1v) is 2.94. The highest BCUT2D eigenvalue weighted by Gasteiger charge is 1.60. The van der Waals surface area contributed by atoms with Crippen molar-refractivity contribution in [1.29, 1.82) is 1.34 Å². The van der Waals surface area contributed by atoms with Gasteiger partial charge in [-0.2, -0.15) is 8.46 Å². The van der Waals surface area contributed by atoms with E-state index < -0.39 is 0 Å². The van der Waals surface area contributed by atoms with Crippen molar-refractivity contribution >= 4 is 15.4 Å². The fraction of sp³-hybridized carbons (Fsp3) is 1.00. The summed E-state index contributed by atoms with van der Waals surface area (Å²) in [5, 5.41) is 0. The molecule has 0 aliphatic rings. The Morgan fingerprint density at radius 3 is 2.50 bits per heavy atom. The smallest absolute Gasteiger partial charge is 0.145 e. The summed E-state index contributed by atoms with van der Waals surface area (Å²) >= 11 is 0. The van der Waals surface area contributed by atoms with Gasteiger partial charge in [-0.25, -0.2) is 0 Å². The minimum Gasteiger partial charge on any atom is -0.163 e. The zero-order valence-corrected chi connectivity index (χ0v) is 4.08. The van der Waals surface area contributed by atoms with Crippen molar-refractivity contribution in [2.75, 3.05) is 6.66 Å². The Morgan fingerprint density at radius 1 is 2.25 bits per heavy atom. The van der Waals surface area contributed by atoms with Crippen molar-refractivity contribution in [2.24, 2.45) is 0 Å². The SMILES string of the molecule is [2H]B(C)PC. The summed E-state index contributed by atoms with van der Waals surface area (Å²) in [6.45, 7) is 4.10. The van der Waals surface area contributed by atoms with E-state index in [9.17, 15) is 0 Å². The standard InChI is InChI=1S/C2H8BP/c1-3-4-2/h3-4H,1-2H3/i3D. The molecule has 0 saturated carbocycles. The Bertz CT molecular complexity index is 23.6. The van der Waals surface area contributed by atoms with Gasteiger partial charge in [0.05, 0.1) is 0 Å². The molecule has 0 amide bonds. The normalized spacial score (nSPS) is 13.0. The van der Waals surface area contributed by atoms with Crippen molar-refractivity contribution in [3.05, 3.63) is 0 Å². The van der Waals surface area contributed by atoms with Gasteiger partial charge in [-0.3, -0.25) is 0 Å². The van der Waals surface area contributed by atoms with Crippen LogP contribution in [0, 0.1) is 0 Å². The van der Waals surface area contributed by atoms with Crippen molar-refractivity contribution in [1.82, 2.24) is 0 Å². The maximum absolute atomic E-state index is 6.84. The lowest BCUT2D eigenvalue weighted by atomic mass is 10.2. The third-order valence-corrected chi connectivity index (χ3v) is 0.866. The summed E-state index contributed by atoms with van der Waals surface area (Å²) in [6, 6.07) is 0. The van der Waals surface area contributed by atoms with E-state index in [1.807, 2.05) is 13.5 Å². The molecular weight excluding hydrogens is 65.8 g/mol. The lowest BCUT2D eigenvalue weighted by Crippen LogP contribution is -1.55. The quantitative estimate of drug-likeness (QED) is 0.317. The first-order valence-electron chi connectivity index (χ1n) is 1.94. The molecule has 0 aliphatic carbocycles. The number of hydrogen-bond donors (Lipinski definition) is 0. The predicted octanol–water partition coefficient (Wildman–Crippen LogP) is 0.694. The zero-order valence-electron chi connectivity index (χ0n) is 4.08. The molecule has 0 bridgehead atoms. The van der Waals surface area contributed by atoms with Gasteiger partial charge in [0.2, 0.25) is 0 Å². The van der Waals surface area contributed by atoms with Crippen LogP contribution < -0.4 is 0 Å². The summed E-state index contributed by atoms with van der Waals surface area (Å²) in [5.41, 5.74) is 0. The van der Waals surface area contributed by atoms with E-state index in [1.165, 1.54) is 0 Å². The van der Waals surface area contributed by atoms with E-state index in [1.54, 1.807) is 0 Å². The molecule has 24 valence electrons. The second kappa shape index (κ2) is 3.49. The Balaban J connectivity index is 2.54. The van der Waals surface area contributed by atoms with Gasteiger partial charge < -0.3 is 0 Å². The molecule has 0 nitrogen and oxygen atoms in total. The molecule has 0 spiro atoms. The van der Waals surface area contributed by atoms with Gasteiger partial charge in [-0.1, -0.05) is 13.5 Å². The molecule has 0 fully saturated rings. The summed E-state index contributed by atoms with van der Waals surface area (Å²) < 4.78 is 6.84. The molecule has 0 aromatic carbocycles. The van der Waals surface area contributed by atoms with E-state index in [-0.39, 0.29) is 6.96 Å². The Kier molecular flexibility index (Phi) is 2.37. The Hall–Kier alpha value is 0.495.